The lowest BCUT2D eigenvalue weighted by Crippen LogP contribution is -2.44. The molecule has 0 spiro atoms. The maximum absolute atomic E-state index is 12.3. The first kappa shape index (κ1) is 17.5. The van der Waals surface area contributed by atoms with Crippen LogP contribution in [0.25, 0.3) is 0 Å². The van der Waals surface area contributed by atoms with Crippen LogP contribution in [-0.2, 0) is 6.42 Å². The lowest BCUT2D eigenvalue weighted by Gasteiger charge is -2.26. The van der Waals surface area contributed by atoms with Crippen molar-refractivity contribution in [2.24, 2.45) is 11.8 Å². The highest BCUT2D eigenvalue weighted by molar-refractivity contribution is 5.74. The maximum Gasteiger partial charge on any atom is 0.317 e. The molecule has 2 amide bonds. The average Bonchev–Trinajstić information content (AvgIpc) is 2.36. The summed E-state index contributed by atoms with van der Waals surface area (Å²) in [6.07, 6.45) is 0.880. The first-order chi connectivity index (χ1) is 9.88. The van der Waals surface area contributed by atoms with E-state index in [9.17, 15) is 4.79 Å². The fourth-order valence-corrected chi connectivity index (χ4v) is 2.42. The van der Waals surface area contributed by atoms with Crippen LogP contribution in [0.4, 0.5) is 4.79 Å². The summed E-state index contributed by atoms with van der Waals surface area (Å²) in [5.74, 6) is 0.984. The molecule has 0 aromatic heterocycles. The molecule has 0 unspecified atom stereocenters. The fourth-order valence-electron chi connectivity index (χ4n) is 2.42. The third-order valence-corrected chi connectivity index (χ3v) is 3.23. The van der Waals surface area contributed by atoms with E-state index in [4.69, 9.17) is 0 Å². The van der Waals surface area contributed by atoms with Gasteiger partial charge >= 0.3 is 6.03 Å². The highest BCUT2D eigenvalue weighted by Gasteiger charge is 2.15. The SMILES string of the molecule is Cc1cccc(CCNC(=O)N(CC(C)C)CC(C)C)c1. The molecule has 0 atom stereocenters. The number of nitrogens with one attached hydrogen (secondary N) is 1. The van der Waals surface area contributed by atoms with Crippen molar-refractivity contribution in [3.8, 4) is 0 Å². The number of carbonyl (C=O) groups excluding carboxylic acids is 1. The molecule has 0 bridgehead atoms. The van der Waals surface area contributed by atoms with Crippen LogP contribution in [0.5, 0.6) is 0 Å². The molecule has 3 heteroatoms. The van der Waals surface area contributed by atoms with Crippen molar-refractivity contribution in [3.05, 3.63) is 35.4 Å². The van der Waals surface area contributed by atoms with E-state index in [-0.39, 0.29) is 6.03 Å². The molecule has 0 radical (unpaired) electrons. The molecule has 0 aliphatic rings. The van der Waals surface area contributed by atoms with Crippen LogP contribution in [0.2, 0.25) is 0 Å². The number of aryl methyl sites for hydroxylation is 1. The van der Waals surface area contributed by atoms with Gasteiger partial charge in [0, 0.05) is 19.6 Å². The zero-order chi connectivity index (χ0) is 15.8. The fraction of sp³-hybridized carbons (Fsp3) is 0.611. The highest BCUT2D eigenvalue weighted by Crippen LogP contribution is 2.06. The number of rotatable bonds is 7. The Morgan fingerprint density at radius 2 is 1.76 bits per heavy atom. The van der Waals surface area contributed by atoms with Crippen LogP contribution in [-0.4, -0.2) is 30.6 Å². The predicted molar refractivity (Wildman–Crippen MR) is 89.5 cm³/mol. The summed E-state index contributed by atoms with van der Waals surface area (Å²) in [6, 6.07) is 8.50. The molecule has 1 N–H and O–H groups in total. The van der Waals surface area contributed by atoms with Crippen molar-refractivity contribution in [3.63, 3.8) is 0 Å². The Balaban J connectivity index is 2.45. The Labute approximate surface area is 129 Å². The molecule has 0 fully saturated rings. The summed E-state index contributed by atoms with van der Waals surface area (Å²) in [4.78, 5) is 14.2. The molecule has 21 heavy (non-hydrogen) atoms. The van der Waals surface area contributed by atoms with Crippen LogP contribution in [0, 0.1) is 18.8 Å². The molecule has 1 aromatic carbocycles. The normalized spacial score (nSPS) is 11.0. The van der Waals surface area contributed by atoms with Crippen LogP contribution < -0.4 is 5.32 Å². The zero-order valence-corrected chi connectivity index (χ0v) is 14.1. The minimum atomic E-state index is 0.0602. The standard InChI is InChI=1S/C18H30N2O/c1-14(2)12-20(13-15(3)4)18(21)19-10-9-17-8-6-7-16(5)11-17/h6-8,11,14-15H,9-10,12-13H2,1-5H3,(H,19,21). The molecule has 118 valence electrons. The second-order valence-corrected chi connectivity index (χ2v) is 6.66. The average molecular weight is 290 g/mol. The Bertz CT molecular complexity index is 431. The Morgan fingerprint density at radius 3 is 2.29 bits per heavy atom. The lowest BCUT2D eigenvalue weighted by atomic mass is 10.1. The third-order valence-electron chi connectivity index (χ3n) is 3.23. The first-order valence-electron chi connectivity index (χ1n) is 7.96. The molecule has 0 saturated carbocycles. The van der Waals surface area contributed by atoms with Gasteiger partial charge < -0.3 is 10.2 Å². The smallest absolute Gasteiger partial charge is 0.317 e. The monoisotopic (exact) mass is 290 g/mol. The topological polar surface area (TPSA) is 32.3 Å². The van der Waals surface area contributed by atoms with E-state index >= 15 is 0 Å². The van der Waals surface area contributed by atoms with Crippen molar-refractivity contribution in [1.82, 2.24) is 10.2 Å². The number of hydrogen-bond acceptors (Lipinski definition) is 1. The quantitative estimate of drug-likeness (QED) is 0.812. The predicted octanol–water partition coefficient (Wildman–Crippen LogP) is 3.86. The first-order valence-corrected chi connectivity index (χ1v) is 7.96. The number of benzene rings is 1. The number of carbonyl (C=O) groups is 1. The summed E-state index contributed by atoms with van der Waals surface area (Å²) >= 11 is 0. The van der Waals surface area contributed by atoms with Crippen LogP contribution in [0.3, 0.4) is 0 Å². The van der Waals surface area contributed by atoms with Crippen molar-refractivity contribution >= 4 is 6.03 Å². The second kappa shape index (κ2) is 8.71. The Kier molecular flexibility index (Phi) is 7.27. The summed E-state index contributed by atoms with van der Waals surface area (Å²) < 4.78 is 0. The van der Waals surface area contributed by atoms with Crippen LogP contribution in [0.15, 0.2) is 24.3 Å². The molecule has 0 aliphatic heterocycles. The number of nitrogens with zero attached hydrogens (tertiary/aromatic N) is 1. The van der Waals surface area contributed by atoms with Crippen molar-refractivity contribution < 1.29 is 4.79 Å². The van der Waals surface area contributed by atoms with Gasteiger partial charge in [0.1, 0.15) is 0 Å². The molecule has 0 saturated heterocycles. The van der Waals surface area contributed by atoms with E-state index in [2.05, 4.69) is 64.2 Å². The Morgan fingerprint density at radius 1 is 1.14 bits per heavy atom. The van der Waals surface area contributed by atoms with Crippen molar-refractivity contribution in [1.29, 1.82) is 0 Å². The van der Waals surface area contributed by atoms with Gasteiger partial charge in [-0.25, -0.2) is 4.79 Å². The molecular weight excluding hydrogens is 260 g/mol. The lowest BCUT2D eigenvalue weighted by molar-refractivity contribution is 0.183. The zero-order valence-electron chi connectivity index (χ0n) is 14.1. The van der Waals surface area contributed by atoms with Gasteiger partial charge in [-0.2, -0.15) is 0 Å². The van der Waals surface area contributed by atoms with E-state index in [0.717, 1.165) is 19.5 Å². The van der Waals surface area contributed by atoms with E-state index in [1.165, 1.54) is 11.1 Å². The molecule has 3 nitrogen and oxygen atoms in total. The van der Waals surface area contributed by atoms with Crippen LogP contribution in [0.1, 0.15) is 38.8 Å². The summed E-state index contributed by atoms with van der Waals surface area (Å²) in [5.41, 5.74) is 2.54. The second-order valence-electron chi connectivity index (χ2n) is 6.66. The third kappa shape index (κ3) is 7.16. The van der Waals surface area contributed by atoms with E-state index < -0.39 is 0 Å². The molecule has 1 aromatic rings. The van der Waals surface area contributed by atoms with E-state index in [0.29, 0.717) is 18.4 Å². The number of hydrogen-bond donors (Lipinski definition) is 1. The van der Waals surface area contributed by atoms with Crippen molar-refractivity contribution in [2.45, 2.75) is 41.0 Å². The van der Waals surface area contributed by atoms with E-state index in [1.54, 1.807) is 0 Å². The van der Waals surface area contributed by atoms with Gasteiger partial charge in [0.05, 0.1) is 0 Å². The van der Waals surface area contributed by atoms with E-state index in [1.807, 2.05) is 4.90 Å². The van der Waals surface area contributed by atoms with Gasteiger partial charge in [0.25, 0.3) is 0 Å². The van der Waals surface area contributed by atoms with Gasteiger partial charge in [0.15, 0.2) is 0 Å². The molecule has 0 heterocycles. The molecular formula is C18H30N2O. The van der Waals surface area contributed by atoms with Crippen molar-refractivity contribution in [2.75, 3.05) is 19.6 Å². The van der Waals surface area contributed by atoms with Gasteiger partial charge in [-0.1, -0.05) is 57.5 Å². The highest BCUT2D eigenvalue weighted by atomic mass is 16.2. The maximum atomic E-state index is 12.3. The van der Waals surface area contributed by atoms with Gasteiger partial charge in [-0.15, -0.1) is 0 Å². The molecule has 1 rings (SSSR count). The number of amides is 2. The summed E-state index contributed by atoms with van der Waals surface area (Å²) in [5, 5.41) is 3.05. The van der Waals surface area contributed by atoms with Crippen LogP contribution >= 0.6 is 0 Å². The van der Waals surface area contributed by atoms with Gasteiger partial charge in [-0.05, 0) is 30.7 Å². The number of urea groups is 1. The molecule has 0 aliphatic carbocycles. The van der Waals surface area contributed by atoms with Gasteiger partial charge in [-0.3, -0.25) is 0 Å². The Hall–Kier alpha value is -1.51. The minimum absolute atomic E-state index is 0.0602. The van der Waals surface area contributed by atoms with Gasteiger partial charge in [0.2, 0.25) is 0 Å². The minimum Gasteiger partial charge on any atom is -0.338 e. The summed E-state index contributed by atoms with van der Waals surface area (Å²) in [6.45, 7) is 13.0. The summed E-state index contributed by atoms with van der Waals surface area (Å²) in [7, 11) is 0. The largest absolute Gasteiger partial charge is 0.338 e.